The Labute approximate surface area is 69.8 Å². The van der Waals surface area contributed by atoms with E-state index < -0.39 is 0 Å². The highest BCUT2D eigenvalue weighted by atomic mass is 32.2. The molecule has 0 fully saturated rings. The van der Waals surface area contributed by atoms with Crippen molar-refractivity contribution in [2.75, 3.05) is 12.0 Å². The topological polar surface area (TPSA) is 46.3 Å². The zero-order valence-corrected chi connectivity index (χ0v) is 7.39. The van der Waals surface area contributed by atoms with Gasteiger partial charge in [-0.2, -0.15) is 11.8 Å². The molecule has 0 spiro atoms. The van der Waals surface area contributed by atoms with Crippen molar-refractivity contribution in [3.63, 3.8) is 0 Å². The molecule has 1 N–H and O–H groups in total. The summed E-state index contributed by atoms with van der Waals surface area (Å²) in [6, 6.07) is 0. The minimum atomic E-state index is 0.0200. The van der Waals surface area contributed by atoms with E-state index in [0.29, 0.717) is 5.92 Å². The van der Waals surface area contributed by atoms with Gasteiger partial charge in [-0.25, -0.2) is 0 Å². The number of hydrogen-bond donors (Lipinski definition) is 1. The van der Waals surface area contributed by atoms with Crippen LogP contribution in [0.5, 0.6) is 5.88 Å². The Morgan fingerprint density at radius 1 is 1.82 bits per heavy atom. The molecule has 0 radical (unpaired) electrons. The van der Waals surface area contributed by atoms with E-state index in [1.54, 1.807) is 11.8 Å². The van der Waals surface area contributed by atoms with Gasteiger partial charge in [0.1, 0.15) is 6.26 Å². The predicted molar refractivity (Wildman–Crippen MR) is 45.0 cm³/mol. The first-order valence-electron chi connectivity index (χ1n) is 3.38. The summed E-state index contributed by atoms with van der Waals surface area (Å²) in [6.45, 7) is 2.03. The van der Waals surface area contributed by atoms with Gasteiger partial charge >= 0.3 is 0 Å². The van der Waals surface area contributed by atoms with Crippen LogP contribution in [0, 0.1) is 0 Å². The number of thioether (sulfide) groups is 1. The number of rotatable bonds is 3. The van der Waals surface area contributed by atoms with E-state index in [4.69, 9.17) is 5.11 Å². The molecule has 4 heteroatoms. The summed E-state index contributed by atoms with van der Waals surface area (Å²) in [5.74, 6) is 1.29. The maximum absolute atomic E-state index is 9.13. The smallest absolute Gasteiger partial charge is 0.255 e. The molecule has 0 saturated heterocycles. The minimum absolute atomic E-state index is 0.0200. The largest absolute Gasteiger partial charge is 0.491 e. The lowest BCUT2D eigenvalue weighted by molar-refractivity contribution is 0.359. The van der Waals surface area contributed by atoms with Crippen molar-refractivity contribution in [2.45, 2.75) is 12.8 Å². The molecule has 62 valence electrons. The highest BCUT2D eigenvalue weighted by Crippen LogP contribution is 2.25. The molecule has 1 heterocycles. The van der Waals surface area contributed by atoms with Gasteiger partial charge in [0.05, 0.1) is 5.56 Å². The summed E-state index contributed by atoms with van der Waals surface area (Å²) in [5.41, 5.74) is 0.791. The highest BCUT2D eigenvalue weighted by molar-refractivity contribution is 7.98. The molecule has 3 nitrogen and oxygen atoms in total. The summed E-state index contributed by atoms with van der Waals surface area (Å²) < 4.78 is 4.60. The molecule has 1 aromatic heterocycles. The normalized spacial score (nSPS) is 13.3. The van der Waals surface area contributed by atoms with Crippen molar-refractivity contribution >= 4 is 11.8 Å². The summed E-state index contributed by atoms with van der Waals surface area (Å²) >= 11 is 1.74. The van der Waals surface area contributed by atoms with E-state index in [1.165, 1.54) is 6.26 Å². The van der Waals surface area contributed by atoms with Gasteiger partial charge in [-0.3, -0.25) is 0 Å². The molecule has 1 unspecified atom stereocenters. The van der Waals surface area contributed by atoms with Crippen LogP contribution in [-0.4, -0.2) is 22.3 Å². The van der Waals surface area contributed by atoms with Crippen molar-refractivity contribution in [1.82, 2.24) is 5.16 Å². The summed E-state index contributed by atoms with van der Waals surface area (Å²) in [6.07, 6.45) is 3.53. The lowest BCUT2D eigenvalue weighted by Crippen LogP contribution is -1.94. The third-order valence-electron chi connectivity index (χ3n) is 1.52. The average Bonchev–Trinajstić information content (AvgIpc) is 2.36. The first kappa shape index (κ1) is 8.46. The van der Waals surface area contributed by atoms with E-state index in [2.05, 4.69) is 9.68 Å². The number of nitrogens with zero attached hydrogens (tertiary/aromatic N) is 1. The Morgan fingerprint density at radius 2 is 2.55 bits per heavy atom. The van der Waals surface area contributed by atoms with Gasteiger partial charge in [0.15, 0.2) is 0 Å². The van der Waals surface area contributed by atoms with E-state index in [0.717, 1.165) is 11.3 Å². The van der Waals surface area contributed by atoms with Gasteiger partial charge in [0, 0.05) is 0 Å². The Bertz CT molecular complexity index is 224. The van der Waals surface area contributed by atoms with Crippen LogP contribution >= 0.6 is 11.8 Å². The highest BCUT2D eigenvalue weighted by Gasteiger charge is 2.12. The maximum Gasteiger partial charge on any atom is 0.255 e. The van der Waals surface area contributed by atoms with Crippen molar-refractivity contribution in [2.24, 2.45) is 0 Å². The van der Waals surface area contributed by atoms with Crippen LogP contribution in [-0.2, 0) is 0 Å². The van der Waals surface area contributed by atoms with E-state index in [-0.39, 0.29) is 5.88 Å². The predicted octanol–water partition coefficient (Wildman–Crippen LogP) is 1.85. The zero-order valence-electron chi connectivity index (χ0n) is 6.57. The maximum atomic E-state index is 9.13. The van der Waals surface area contributed by atoms with E-state index >= 15 is 0 Å². The van der Waals surface area contributed by atoms with Crippen molar-refractivity contribution in [3.05, 3.63) is 11.8 Å². The fourth-order valence-corrected chi connectivity index (χ4v) is 1.59. The first-order chi connectivity index (χ1) is 5.25. The molecule has 0 bridgehead atoms. The molecule has 0 aliphatic rings. The van der Waals surface area contributed by atoms with Crippen LogP contribution in [0.3, 0.4) is 0 Å². The van der Waals surface area contributed by atoms with Crippen LogP contribution in [0.2, 0.25) is 0 Å². The molecule has 0 amide bonds. The third kappa shape index (κ3) is 1.89. The van der Waals surface area contributed by atoms with Gasteiger partial charge < -0.3 is 9.63 Å². The average molecular weight is 173 g/mol. The summed E-state index contributed by atoms with van der Waals surface area (Å²) in [4.78, 5) is 0. The zero-order chi connectivity index (χ0) is 8.27. The van der Waals surface area contributed by atoms with Gasteiger partial charge in [-0.15, -0.1) is 0 Å². The molecule has 0 aliphatic carbocycles. The van der Waals surface area contributed by atoms with Gasteiger partial charge in [-0.05, 0) is 23.1 Å². The van der Waals surface area contributed by atoms with Crippen molar-refractivity contribution in [1.29, 1.82) is 0 Å². The van der Waals surface area contributed by atoms with Crippen molar-refractivity contribution in [3.8, 4) is 5.88 Å². The number of aromatic hydroxyl groups is 1. The Kier molecular flexibility index (Phi) is 2.82. The molecule has 0 aliphatic heterocycles. The lowest BCUT2D eigenvalue weighted by atomic mass is 10.1. The van der Waals surface area contributed by atoms with Crippen LogP contribution in [0.25, 0.3) is 0 Å². The second kappa shape index (κ2) is 3.67. The molecular weight excluding hydrogens is 162 g/mol. The SMILES string of the molecule is CSCC(C)c1conc1O. The Morgan fingerprint density at radius 3 is 3.00 bits per heavy atom. The van der Waals surface area contributed by atoms with Crippen molar-refractivity contribution < 1.29 is 9.63 Å². The fourth-order valence-electron chi connectivity index (χ4n) is 0.915. The van der Waals surface area contributed by atoms with E-state index in [9.17, 15) is 0 Å². The molecule has 11 heavy (non-hydrogen) atoms. The number of aromatic nitrogens is 1. The quantitative estimate of drug-likeness (QED) is 0.757. The monoisotopic (exact) mass is 173 g/mol. The van der Waals surface area contributed by atoms with Crippen LogP contribution in [0.15, 0.2) is 10.8 Å². The van der Waals surface area contributed by atoms with Crippen LogP contribution in [0.4, 0.5) is 0 Å². The lowest BCUT2D eigenvalue weighted by Gasteiger charge is -2.04. The standard InChI is InChI=1S/C7H11NO2S/c1-5(4-11-2)6-3-10-8-7(6)9/h3,5H,4H2,1-2H3,(H,8,9). The van der Waals surface area contributed by atoms with Crippen LogP contribution < -0.4 is 0 Å². The van der Waals surface area contributed by atoms with E-state index in [1.807, 2.05) is 13.2 Å². The van der Waals surface area contributed by atoms with Crippen LogP contribution in [0.1, 0.15) is 18.4 Å². The van der Waals surface area contributed by atoms with Gasteiger partial charge in [0.2, 0.25) is 0 Å². The van der Waals surface area contributed by atoms with Gasteiger partial charge in [0.25, 0.3) is 5.88 Å². The third-order valence-corrected chi connectivity index (χ3v) is 2.36. The first-order valence-corrected chi connectivity index (χ1v) is 4.77. The second-order valence-corrected chi connectivity index (χ2v) is 3.36. The minimum Gasteiger partial charge on any atom is -0.491 e. The summed E-state index contributed by atoms with van der Waals surface area (Å²) in [5, 5.41) is 12.5. The molecule has 1 rings (SSSR count). The van der Waals surface area contributed by atoms with Gasteiger partial charge in [-0.1, -0.05) is 6.92 Å². The molecule has 1 aromatic rings. The molecule has 0 saturated carbocycles. The Hall–Kier alpha value is -0.640. The summed E-state index contributed by atoms with van der Waals surface area (Å²) in [7, 11) is 0. The molecule has 0 aromatic carbocycles. The molecular formula is C7H11NO2S. The number of hydrogen-bond acceptors (Lipinski definition) is 4. The fraction of sp³-hybridized carbons (Fsp3) is 0.571. The Balaban J connectivity index is 2.67. The second-order valence-electron chi connectivity index (χ2n) is 2.45. The molecule has 1 atom stereocenters.